The van der Waals surface area contributed by atoms with Crippen molar-refractivity contribution >= 4 is 11.9 Å². The van der Waals surface area contributed by atoms with Gasteiger partial charge in [-0.3, -0.25) is 4.79 Å². The van der Waals surface area contributed by atoms with E-state index in [0.717, 1.165) is 18.2 Å². The number of benzene rings is 1. The van der Waals surface area contributed by atoms with Crippen LogP contribution in [0, 0.1) is 11.6 Å². The van der Waals surface area contributed by atoms with Gasteiger partial charge in [0.25, 0.3) is 5.91 Å². The van der Waals surface area contributed by atoms with Gasteiger partial charge in [0.15, 0.2) is 0 Å². The van der Waals surface area contributed by atoms with E-state index >= 15 is 0 Å². The van der Waals surface area contributed by atoms with Gasteiger partial charge in [-0.25, -0.2) is 13.6 Å². The Balaban J connectivity index is 2.41. The van der Waals surface area contributed by atoms with Crippen LogP contribution in [0.15, 0.2) is 18.2 Å². The summed E-state index contributed by atoms with van der Waals surface area (Å²) in [6, 6.07) is 2.54. The van der Waals surface area contributed by atoms with E-state index in [-0.39, 0.29) is 13.2 Å². The van der Waals surface area contributed by atoms with Crippen molar-refractivity contribution < 1.29 is 28.2 Å². The molecule has 0 aromatic heterocycles. The third kappa shape index (κ3) is 4.46. The van der Waals surface area contributed by atoms with Crippen LogP contribution in [0.2, 0.25) is 0 Å². The minimum absolute atomic E-state index is 0.00205. The van der Waals surface area contributed by atoms with Gasteiger partial charge >= 0.3 is 5.97 Å². The molecule has 0 radical (unpaired) electrons. The predicted molar refractivity (Wildman–Crippen MR) is 57.1 cm³/mol. The van der Waals surface area contributed by atoms with Gasteiger partial charge in [-0.15, -0.1) is 0 Å². The molecule has 5 nitrogen and oxygen atoms in total. The smallest absolute Gasteiger partial charge is 0.329 e. The molecule has 18 heavy (non-hydrogen) atoms. The van der Waals surface area contributed by atoms with Crippen LogP contribution in [0.3, 0.4) is 0 Å². The van der Waals surface area contributed by atoms with E-state index in [1.807, 2.05) is 0 Å². The van der Waals surface area contributed by atoms with E-state index in [4.69, 9.17) is 5.11 Å². The molecule has 0 saturated heterocycles. The number of halogens is 2. The van der Waals surface area contributed by atoms with E-state index in [1.165, 1.54) is 0 Å². The molecule has 0 atom stereocenters. The lowest BCUT2D eigenvalue weighted by molar-refractivity contribution is -0.142. The number of hydrogen-bond donors (Lipinski definition) is 2. The number of aliphatic carboxylic acids is 1. The van der Waals surface area contributed by atoms with Gasteiger partial charge in [-0.1, -0.05) is 0 Å². The van der Waals surface area contributed by atoms with E-state index in [0.29, 0.717) is 0 Å². The van der Waals surface area contributed by atoms with Gasteiger partial charge in [-0.2, -0.15) is 0 Å². The fourth-order valence-corrected chi connectivity index (χ4v) is 1.16. The van der Waals surface area contributed by atoms with Gasteiger partial charge in [0.1, 0.15) is 18.2 Å². The van der Waals surface area contributed by atoms with Gasteiger partial charge in [0.05, 0.1) is 12.2 Å². The first kappa shape index (κ1) is 14.0. The average molecular weight is 259 g/mol. The maximum Gasteiger partial charge on any atom is 0.329 e. The number of rotatable bonds is 6. The zero-order valence-electron chi connectivity index (χ0n) is 9.28. The summed E-state index contributed by atoms with van der Waals surface area (Å²) in [5.74, 6) is -3.47. The highest BCUT2D eigenvalue weighted by Crippen LogP contribution is 2.09. The van der Waals surface area contributed by atoms with Gasteiger partial charge in [-0.05, 0) is 18.2 Å². The second-order valence-electron chi connectivity index (χ2n) is 3.33. The molecule has 1 aromatic rings. The molecular formula is C11H11F2NO4. The van der Waals surface area contributed by atoms with Crippen molar-refractivity contribution in [1.82, 2.24) is 5.32 Å². The monoisotopic (exact) mass is 259 g/mol. The highest BCUT2D eigenvalue weighted by atomic mass is 19.1. The van der Waals surface area contributed by atoms with Crippen LogP contribution in [-0.4, -0.2) is 36.7 Å². The second kappa shape index (κ2) is 6.65. The Morgan fingerprint density at radius 2 is 2.06 bits per heavy atom. The molecule has 1 aromatic carbocycles. The lowest BCUT2D eigenvalue weighted by Gasteiger charge is -2.06. The summed E-state index contributed by atoms with van der Waals surface area (Å²) >= 11 is 0. The molecular weight excluding hydrogens is 248 g/mol. The summed E-state index contributed by atoms with van der Waals surface area (Å²) in [5.41, 5.74) is -0.409. The topological polar surface area (TPSA) is 75.6 Å². The van der Waals surface area contributed by atoms with Crippen molar-refractivity contribution in [3.63, 3.8) is 0 Å². The first-order chi connectivity index (χ1) is 8.50. The molecule has 0 bridgehead atoms. The largest absolute Gasteiger partial charge is 0.480 e. The second-order valence-corrected chi connectivity index (χ2v) is 3.33. The molecule has 98 valence electrons. The lowest BCUT2D eigenvalue weighted by Crippen LogP contribution is -2.28. The Hall–Kier alpha value is -2.02. The van der Waals surface area contributed by atoms with Crippen LogP contribution in [-0.2, 0) is 9.53 Å². The number of hydrogen-bond acceptors (Lipinski definition) is 3. The molecule has 7 heteroatoms. The quantitative estimate of drug-likeness (QED) is 0.741. The number of carbonyl (C=O) groups is 2. The molecule has 1 amide bonds. The summed E-state index contributed by atoms with van der Waals surface area (Å²) in [4.78, 5) is 21.5. The van der Waals surface area contributed by atoms with Gasteiger partial charge in [0.2, 0.25) is 0 Å². The van der Waals surface area contributed by atoms with Crippen LogP contribution in [0.4, 0.5) is 8.78 Å². The molecule has 0 aliphatic rings. The van der Waals surface area contributed by atoms with Crippen LogP contribution >= 0.6 is 0 Å². The Morgan fingerprint density at radius 1 is 1.33 bits per heavy atom. The summed E-state index contributed by atoms with van der Waals surface area (Å²) in [5, 5.41) is 10.5. The van der Waals surface area contributed by atoms with Crippen molar-refractivity contribution in [2.45, 2.75) is 0 Å². The first-order valence-corrected chi connectivity index (χ1v) is 5.03. The van der Waals surface area contributed by atoms with E-state index in [2.05, 4.69) is 10.1 Å². The molecule has 0 heterocycles. The van der Waals surface area contributed by atoms with E-state index in [1.54, 1.807) is 0 Å². The number of nitrogens with one attached hydrogen (secondary N) is 1. The van der Waals surface area contributed by atoms with E-state index in [9.17, 15) is 18.4 Å². The number of carboxylic acid groups (broad SMARTS) is 1. The van der Waals surface area contributed by atoms with Crippen molar-refractivity contribution in [1.29, 1.82) is 0 Å². The van der Waals surface area contributed by atoms with Crippen molar-refractivity contribution in [3.8, 4) is 0 Å². The first-order valence-electron chi connectivity index (χ1n) is 5.03. The average Bonchev–Trinajstić information content (AvgIpc) is 2.31. The van der Waals surface area contributed by atoms with Crippen molar-refractivity contribution in [2.24, 2.45) is 0 Å². The standard InChI is InChI=1S/C11H11F2NO4/c12-7-1-2-9(13)8(5-7)11(17)14-3-4-18-6-10(15)16/h1-2,5H,3-4,6H2,(H,14,17)(H,15,16). The maximum atomic E-state index is 13.2. The summed E-state index contributed by atoms with van der Waals surface area (Å²) < 4.78 is 30.6. The Morgan fingerprint density at radius 3 is 2.72 bits per heavy atom. The molecule has 0 spiro atoms. The maximum absolute atomic E-state index is 13.2. The molecule has 0 saturated carbocycles. The normalized spacial score (nSPS) is 10.1. The summed E-state index contributed by atoms with van der Waals surface area (Å²) in [6.45, 7) is -0.513. The third-order valence-electron chi connectivity index (χ3n) is 1.93. The molecule has 0 aliphatic carbocycles. The minimum atomic E-state index is -1.13. The number of amides is 1. The fourth-order valence-electron chi connectivity index (χ4n) is 1.16. The number of carbonyl (C=O) groups excluding carboxylic acids is 1. The Bertz CT molecular complexity index is 451. The number of ether oxygens (including phenoxy) is 1. The van der Waals surface area contributed by atoms with Crippen LogP contribution in [0.5, 0.6) is 0 Å². The lowest BCUT2D eigenvalue weighted by atomic mass is 10.2. The SMILES string of the molecule is O=C(O)COCCNC(=O)c1cc(F)ccc1F. The molecule has 1 rings (SSSR count). The summed E-state index contributed by atoms with van der Waals surface area (Å²) in [7, 11) is 0. The third-order valence-corrected chi connectivity index (χ3v) is 1.93. The zero-order chi connectivity index (χ0) is 13.5. The van der Waals surface area contributed by atoms with Crippen LogP contribution < -0.4 is 5.32 Å². The Kier molecular flexibility index (Phi) is 5.19. The highest BCUT2D eigenvalue weighted by molar-refractivity contribution is 5.94. The highest BCUT2D eigenvalue weighted by Gasteiger charge is 2.12. The van der Waals surface area contributed by atoms with Gasteiger partial charge in [0, 0.05) is 6.54 Å². The zero-order valence-corrected chi connectivity index (χ0v) is 9.28. The number of carboxylic acids is 1. The predicted octanol–water partition coefficient (Wildman–Crippen LogP) is 0.796. The fraction of sp³-hybridized carbons (Fsp3) is 0.273. The molecule has 0 aliphatic heterocycles. The Labute approximate surface area is 101 Å². The summed E-state index contributed by atoms with van der Waals surface area (Å²) in [6.07, 6.45) is 0. The molecule has 2 N–H and O–H groups in total. The van der Waals surface area contributed by atoms with Gasteiger partial charge < -0.3 is 15.2 Å². The van der Waals surface area contributed by atoms with Crippen molar-refractivity contribution in [2.75, 3.05) is 19.8 Å². The minimum Gasteiger partial charge on any atom is -0.480 e. The van der Waals surface area contributed by atoms with Crippen molar-refractivity contribution in [3.05, 3.63) is 35.4 Å². The van der Waals surface area contributed by atoms with Crippen LogP contribution in [0.1, 0.15) is 10.4 Å². The molecule has 0 unspecified atom stereocenters. The molecule has 0 fully saturated rings. The van der Waals surface area contributed by atoms with Crippen LogP contribution in [0.25, 0.3) is 0 Å². The van der Waals surface area contributed by atoms with E-state index < -0.39 is 35.7 Å².